The lowest BCUT2D eigenvalue weighted by Crippen LogP contribution is -2.24. The number of rotatable bonds is 5. The van der Waals surface area contributed by atoms with Crippen molar-refractivity contribution in [3.8, 4) is 0 Å². The molecule has 2 N–H and O–H groups in total. The van der Waals surface area contributed by atoms with E-state index in [9.17, 15) is 4.39 Å². The van der Waals surface area contributed by atoms with Crippen LogP contribution in [0.3, 0.4) is 0 Å². The summed E-state index contributed by atoms with van der Waals surface area (Å²) >= 11 is 1.86. The Labute approximate surface area is 102 Å². The molecule has 3 atom stereocenters. The van der Waals surface area contributed by atoms with E-state index in [1.807, 2.05) is 30.8 Å². The Bertz CT molecular complexity index is 310. The maximum Gasteiger partial charge on any atom is 0.123 e. The molecule has 0 aromatic heterocycles. The van der Waals surface area contributed by atoms with E-state index in [2.05, 4.69) is 13.8 Å². The van der Waals surface area contributed by atoms with Gasteiger partial charge in [-0.05, 0) is 31.0 Å². The van der Waals surface area contributed by atoms with E-state index in [4.69, 9.17) is 5.73 Å². The van der Waals surface area contributed by atoms with Crippen LogP contribution in [-0.2, 0) is 0 Å². The summed E-state index contributed by atoms with van der Waals surface area (Å²) < 4.78 is 12.8. The number of benzene rings is 1. The van der Waals surface area contributed by atoms with E-state index in [0.717, 1.165) is 12.0 Å². The highest BCUT2D eigenvalue weighted by molar-refractivity contribution is 8.00. The lowest BCUT2D eigenvalue weighted by molar-refractivity contribution is 0.625. The molecule has 0 aliphatic carbocycles. The molecule has 0 saturated carbocycles. The maximum absolute atomic E-state index is 12.8. The molecule has 90 valence electrons. The van der Waals surface area contributed by atoms with Gasteiger partial charge in [-0.25, -0.2) is 4.39 Å². The number of hydrogen-bond acceptors (Lipinski definition) is 2. The van der Waals surface area contributed by atoms with Crippen molar-refractivity contribution in [1.82, 2.24) is 0 Å². The molecule has 16 heavy (non-hydrogen) atoms. The van der Waals surface area contributed by atoms with Gasteiger partial charge in [-0.2, -0.15) is 0 Å². The highest BCUT2D eigenvalue weighted by Gasteiger charge is 2.19. The van der Waals surface area contributed by atoms with Crippen LogP contribution in [0.15, 0.2) is 24.3 Å². The third kappa shape index (κ3) is 3.80. The van der Waals surface area contributed by atoms with Crippen molar-refractivity contribution < 1.29 is 4.39 Å². The fraction of sp³-hybridized carbons (Fsp3) is 0.538. The highest BCUT2D eigenvalue weighted by Crippen LogP contribution is 2.35. The summed E-state index contributed by atoms with van der Waals surface area (Å²) in [5, 5.41) is 0.816. The summed E-state index contributed by atoms with van der Waals surface area (Å²) in [5.74, 6) is -0.194. The molecule has 0 spiro atoms. The van der Waals surface area contributed by atoms with E-state index < -0.39 is 0 Å². The van der Waals surface area contributed by atoms with Gasteiger partial charge in [-0.15, -0.1) is 11.8 Å². The average Bonchev–Trinajstić information content (AvgIpc) is 2.26. The SMILES string of the molecule is CCC(C)SC(c1ccc(F)cc1)C(C)N. The molecule has 0 aliphatic rings. The lowest BCUT2D eigenvalue weighted by atomic mass is 10.1. The van der Waals surface area contributed by atoms with Crippen LogP contribution in [0.1, 0.15) is 38.0 Å². The maximum atomic E-state index is 12.8. The van der Waals surface area contributed by atoms with E-state index in [-0.39, 0.29) is 17.1 Å². The van der Waals surface area contributed by atoms with Gasteiger partial charge in [0.25, 0.3) is 0 Å². The molecule has 0 saturated heterocycles. The minimum absolute atomic E-state index is 0.0736. The van der Waals surface area contributed by atoms with Crippen molar-refractivity contribution in [2.24, 2.45) is 5.73 Å². The van der Waals surface area contributed by atoms with E-state index >= 15 is 0 Å². The van der Waals surface area contributed by atoms with Gasteiger partial charge < -0.3 is 5.73 Å². The summed E-state index contributed by atoms with van der Waals surface area (Å²) in [5.41, 5.74) is 7.11. The Morgan fingerprint density at radius 1 is 1.25 bits per heavy atom. The molecule has 1 aromatic rings. The van der Waals surface area contributed by atoms with Gasteiger partial charge >= 0.3 is 0 Å². The second kappa shape index (κ2) is 6.26. The van der Waals surface area contributed by atoms with Gasteiger partial charge in [0.15, 0.2) is 0 Å². The molecule has 0 bridgehead atoms. The normalized spacial score (nSPS) is 16.8. The summed E-state index contributed by atoms with van der Waals surface area (Å²) in [6, 6.07) is 6.74. The van der Waals surface area contributed by atoms with Crippen LogP contribution in [0.4, 0.5) is 4.39 Å². The first-order valence-corrected chi connectivity index (χ1v) is 6.65. The summed E-state index contributed by atoms with van der Waals surface area (Å²) in [7, 11) is 0. The minimum Gasteiger partial charge on any atom is -0.327 e. The molecule has 3 unspecified atom stereocenters. The topological polar surface area (TPSA) is 26.0 Å². The monoisotopic (exact) mass is 241 g/mol. The average molecular weight is 241 g/mol. The first kappa shape index (κ1) is 13.5. The third-order valence-electron chi connectivity index (χ3n) is 2.63. The Morgan fingerprint density at radius 3 is 2.25 bits per heavy atom. The summed E-state index contributed by atoms with van der Waals surface area (Å²) in [6.07, 6.45) is 1.12. The van der Waals surface area contributed by atoms with Gasteiger partial charge in [0.05, 0.1) is 0 Å². The predicted molar refractivity (Wildman–Crippen MR) is 70.1 cm³/mol. The smallest absolute Gasteiger partial charge is 0.123 e. The third-order valence-corrected chi connectivity index (χ3v) is 4.42. The van der Waals surface area contributed by atoms with E-state index in [1.165, 1.54) is 12.1 Å². The number of thioether (sulfide) groups is 1. The first-order chi connectivity index (χ1) is 7.54. The molecule has 0 heterocycles. The van der Waals surface area contributed by atoms with Crippen LogP contribution in [0, 0.1) is 5.82 Å². The second-order valence-electron chi connectivity index (χ2n) is 4.19. The van der Waals surface area contributed by atoms with Gasteiger partial charge in [-0.1, -0.05) is 26.0 Å². The van der Waals surface area contributed by atoms with Crippen LogP contribution < -0.4 is 5.73 Å². The zero-order valence-corrected chi connectivity index (χ0v) is 10.9. The molecule has 0 radical (unpaired) electrons. The molecule has 0 amide bonds. The standard InChI is InChI=1S/C13H20FNS/c1-4-9(2)16-13(10(3)15)11-5-7-12(14)8-6-11/h5-10,13H,4,15H2,1-3H3. The number of hydrogen-bond donors (Lipinski definition) is 1. The number of halogens is 1. The van der Waals surface area contributed by atoms with Crippen molar-refractivity contribution in [2.75, 3.05) is 0 Å². The first-order valence-electron chi connectivity index (χ1n) is 5.71. The summed E-state index contributed by atoms with van der Waals surface area (Å²) in [6.45, 7) is 6.37. The van der Waals surface area contributed by atoms with Crippen molar-refractivity contribution in [3.05, 3.63) is 35.6 Å². The number of nitrogens with two attached hydrogens (primary N) is 1. The lowest BCUT2D eigenvalue weighted by Gasteiger charge is -2.23. The Morgan fingerprint density at radius 2 is 1.81 bits per heavy atom. The van der Waals surface area contributed by atoms with Crippen molar-refractivity contribution in [1.29, 1.82) is 0 Å². The van der Waals surface area contributed by atoms with Crippen LogP contribution >= 0.6 is 11.8 Å². The Hall–Kier alpha value is -0.540. The fourth-order valence-electron chi connectivity index (χ4n) is 1.51. The fourth-order valence-corrected chi connectivity index (χ4v) is 2.76. The molecular weight excluding hydrogens is 221 g/mol. The molecule has 1 aromatic carbocycles. The highest BCUT2D eigenvalue weighted by atomic mass is 32.2. The van der Waals surface area contributed by atoms with Gasteiger partial charge in [0, 0.05) is 16.5 Å². The van der Waals surface area contributed by atoms with E-state index in [0.29, 0.717) is 5.25 Å². The van der Waals surface area contributed by atoms with Crippen molar-refractivity contribution >= 4 is 11.8 Å². The molecular formula is C13H20FNS. The van der Waals surface area contributed by atoms with Crippen LogP contribution in [0.25, 0.3) is 0 Å². The minimum atomic E-state index is -0.194. The zero-order chi connectivity index (χ0) is 12.1. The van der Waals surface area contributed by atoms with Gasteiger partial charge in [-0.3, -0.25) is 0 Å². The second-order valence-corrected chi connectivity index (χ2v) is 5.77. The summed E-state index contributed by atoms with van der Waals surface area (Å²) in [4.78, 5) is 0. The molecule has 3 heteroatoms. The predicted octanol–water partition coefficient (Wildman–Crippen LogP) is 3.75. The van der Waals surface area contributed by atoms with E-state index in [1.54, 1.807) is 0 Å². The van der Waals surface area contributed by atoms with Crippen LogP contribution in [0.2, 0.25) is 0 Å². The quantitative estimate of drug-likeness (QED) is 0.849. The van der Waals surface area contributed by atoms with Gasteiger partial charge in [0.2, 0.25) is 0 Å². The Balaban J connectivity index is 2.81. The van der Waals surface area contributed by atoms with Crippen LogP contribution in [-0.4, -0.2) is 11.3 Å². The van der Waals surface area contributed by atoms with Crippen LogP contribution in [0.5, 0.6) is 0 Å². The molecule has 1 nitrogen and oxygen atoms in total. The zero-order valence-electron chi connectivity index (χ0n) is 10.1. The molecule has 0 fully saturated rings. The largest absolute Gasteiger partial charge is 0.327 e. The van der Waals surface area contributed by atoms with Gasteiger partial charge in [0.1, 0.15) is 5.82 Å². The van der Waals surface area contributed by atoms with Crippen molar-refractivity contribution in [3.63, 3.8) is 0 Å². The molecule has 1 rings (SSSR count). The Kier molecular flexibility index (Phi) is 5.29. The van der Waals surface area contributed by atoms with Crippen molar-refractivity contribution in [2.45, 2.75) is 43.7 Å². The molecule has 0 aliphatic heterocycles.